The maximum Gasteiger partial charge on any atom is 0.339 e. The van der Waals surface area contributed by atoms with Crippen LogP contribution < -0.4 is 9.46 Å². The van der Waals surface area contributed by atoms with Crippen molar-refractivity contribution in [1.82, 2.24) is 14.7 Å². The molecule has 3 rings (SSSR count). The number of H-pyrrole nitrogens is 1. The van der Waals surface area contributed by atoms with Crippen LogP contribution in [0.3, 0.4) is 0 Å². The van der Waals surface area contributed by atoms with Crippen molar-refractivity contribution < 1.29 is 23.1 Å². The molecule has 0 radical (unpaired) electrons. The topological polar surface area (TPSA) is 121 Å². The third kappa shape index (κ3) is 3.68. The van der Waals surface area contributed by atoms with Gasteiger partial charge in [0.25, 0.3) is 0 Å². The summed E-state index contributed by atoms with van der Waals surface area (Å²) in [7, 11) is -3.79. The first-order valence-electron chi connectivity index (χ1n) is 7.78. The summed E-state index contributed by atoms with van der Waals surface area (Å²) in [5.74, 6) is -0.928. The van der Waals surface area contributed by atoms with E-state index in [9.17, 15) is 13.2 Å². The summed E-state index contributed by atoms with van der Waals surface area (Å²) in [6, 6.07) is 8.93. The van der Waals surface area contributed by atoms with E-state index in [1.165, 1.54) is 18.3 Å². The van der Waals surface area contributed by atoms with Gasteiger partial charge < -0.3 is 14.8 Å². The van der Waals surface area contributed by atoms with Gasteiger partial charge in [0.2, 0.25) is 10.0 Å². The molecule has 0 bridgehead atoms. The van der Waals surface area contributed by atoms with Crippen LogP contribution in [-0.4, -0.2) is 42.1 Å². The molecule has 9 heteroatoms. The summed E-state index contributed by atoms with van der Waals surface area (Å²) in [6.45, 7) is 1.61. The Labute approximate surface area is 149 Å². The fourth-order valence-corrected chi connectivity index (χ4v) is 3.89. The Bertz CT molecular complexity index is 1050. The number of para-hydroxylation sites is 1. The molecule has 0 aliphatic carbocycles. The Balaban J connectivity index is 1.72. The molecule has 0 aliphatic heterocycles. The molecule has 1 unspecified atom stereocenters. The van der Waals surface area contributed by atoms with Crippen LogP contribution in [0.15, 0.2) is 53.7 Å². The number of sulfonamides is 1. The number of rotatable bonds is 7. The Hall–Kier alpha value is -2.91. The lowest BCUT2D eigenvalue weighted by molar-refractivity contribution is 0.0691. The van der Waals surface area contributed by atoms with Gasteiger partial charge in [0.05, 0.1) is 6.04 Å². The van der Waals surface area contributed by atoms with Crippen LogP contribution in [0.4, 0.5) is 0 Å². The van der Waals surface area contributed by atoms with Crippen LogP contribution in [0, 0.1) is 0 Å². The van der Waals surface area contributed by atoms with E-state index in [2.05, 4.69) is 14.7 Å². The van der Waals surface area contributed by atoms with Gasteiger partial charge in [0, 0.05) is 17.8 Å². The second-order valence-electron chi connectivity index (χ2n) is 5.69. The van der Waals surface area contributed by atoms with Crippen molar-refractivity contribution in [2.24, 2.45) is 0 Å². The number of benzene rings is 1. The summed E-state index contributed by atoms with van der Waals surface area (Å²) in [6.07, 6.45) is 2.95. The maximum absolute atomic E-state index is 12.6. The second kappa shape index (κ2) is 7.14. The van der Waals surface area contributed by atoms with Crippen molar-refractivity contribution in [3.05, 3.63) is 54.4 Å². The SMILES string of the molecule is CC(COc1ccccc1C(=O)O)NS(=O)(=O)c1c[nH]c2ncccc12. The number of nitrogens with zero attached hydrogens (tertiary/aromatic N) is 1. The van der Waals surface area contributed by atoms with Crippen molar-refractivity contribution in [2.75, 3.05) is 6.61 Å². The van der Waals surface area contributed by atoms with E-state index in [1.54, 1.807) is 37.4 Å². The molecule has 3 N–H and O–H groups in total. The molecule has 3 aromatic rings. The first kappa shape index (κ1) is 17.9. The minimum Gasteiger partial charge on any atom is -0.491 e. The highest BCUT2D eigenvalue weighted by Crippen LogP contribution is 2.21. The lowest BCUT2D eigenvalue weighted by atomic mass is 10.2. The van der Waals surface area contributed by atoms with E-state index < -0.39 is 22.0 Å². The molecule has 2 heterocycles. The Kier molecular flexibility index (Phi) is 4.92. The average molecular weight is 375 g/mol. The summed E-state index contributed by atoms with van der Waals surface area (Å²) in [5.41, 5.74) is 0.498. The molecule has 26 heavy (non-hydrogen) atoms. The number of pyridine rings is 1. The van der Waals surface area contributed by atoms with Crippen LogP contribution in [0.25, 0.3) is 11.0 Å². The molecular formula is C17H17N3O5S. The molecule has 0 amide bonds. The standard InChI is InChI=1S/C17H17N3O5S/c1-11(10-25-14-7-3-2-5-12(14)17(21)22)20-26(23,24)15-9-19-16-13(15)6-4-8-18-16/h2-9,11,20H,10H2,1H3,(H,18,19)(H,21,22). The van der Waals surface area contributed by atoms with Crippen molar-refractivity contribution in [2.45, 2.75) is 17.9 Å². The number of nitrogens with one attached hydrogen (secondary N) is 2. The number of carbonyl (C=O) groups is 1. The largest absolute Gasteiger partial charge is 0.491 e. The quantitative estimate of drug-likeness (QED) is 0.581. The fraction of sp³-hybridized carbons (Fsp3) is 0.176. The lowest BCUT2D eigenvalue weighted by Gasteiger charge is -2.16. The average Bonchev–Trinajstić information content (AvgIpc) is 3.05. The zero-order valence-electron chi connectivity index (χ0n) is 13.8. The Morgan fingerprint density at radius 3 is 2.85 bits per heavy atom. The van der Waals surface area contributed by atoms with Crippen molar-refractivity contribution in [3.8, 4) is 5.75 Å². The third-order valence-corrected chi connectivity index (χ3v) is 5.29. The van der Waals surface area contributed by atoms with Gasteiger partial charge >= 0.3 is 5.97 Å². The lowest BCUT2D eigenvalue weighted by Crippen LogP contribution is -2.36. The van der Waals surface area contributed by atoms with Crippen molar-refractivity contribution in [3.63, 3.8) is 0 Å². The molecule has 0 aliphatic rings. The van der Waals surface area contributed by atoms with Gasteiger partial charge in [-0.15, -0.1) is 0 Å². The van der Waals surface area contributed by atoms with Gasteiger partial charge in [-0.1, -0.05) is 12.1 Å². The Morgan fingerprint density at radius 2 is 2.08 bits per heavy atom. The monoisotopic (exact) mass is 375 g/mol. The molecule has 0 saturated carbocycles. The van der Waals surface area contributed by atoms with Crippen LogP contribution in [0.5, 0.6) is 5.75 Å². The van der Waals surface area contributed by atoms with Crippen molar-refractivity contribution >= 4 is 27.0 Å². The number of fused-ring (bicyclic) bond motifs is 1. The molecule has 0 saturated heterocycles. The number of carboxylic acid groups (broad SMARTS) is 1. The van der Waals surface area contributed by atoms with Gasteiger partial charge in [0.1, 0.15) is 28.5 Å². The highest BCUT2D eigenvalue weighted by Gasteiger charge is 2.22. The van der Waals surface area contributed by atoms with Gasteiger partial charge in [-0.25, -0.2) is 22.9 Å². The minimum absolute atomic E-state index is 0.0188. The number of aromatic carboxylic acids is 1. The molecule has 1 aromatic carbocycles. The highest BCUT2D eigenvalue weighted by molar-refractivity contribution is 7.89. The molecule has 1 atom stereocenters. The predicted molar refractivity (Wildman–Crippen MR) is 94.8 cm³/mol. The zero-order chi connectivity index (χ0) is 18.7. The number of hydrogen-bond acceptors (Lipinski definition) is 5. The van der Waals surface area contributed by atoms with Crippen LogP contribution in [-0.2, 0) is 10.0 Å². The van der Waals surface area contributed by atoms with Gasteiger partial charge in [0.15, 0.2) is 0 Å². The predicted octanol–water partition coefficient (Wildman–Crippen LogP) is 2.01. The number of aromatic nitrogens is 2. The van der Waals surface area contributed by atoms with Crippen LogP contribution in [0.2, 0.25) is 0 Å². The number of ether oxygens (including phenoxy) is 1. The van der Waals surface area contributed by atoms with Gasteiger partial charge in [-0.05, 0) is 31.2 Å². The summed E-state index contributed by atoms with van der Waals surface area (Å²) in [5, 5.41) is 9.63. The number of aromatic amines is 1. The Morgan fingerprint density at radius 1 is 1.31 bits per heavy atom. The third-order valence-electron chi connectivity index (χ3n) is 3.67. The van der Waals surface area contributed by atoms with E-state index in [0.29, 0.717) is 11.0 Å². The summed E-state index contributed by atoms with van der Waals surface area (Å²) < 4.78 is 33.2. The molecule has 136 valence electrons. The molecule has 0 spiro atoms. The van der Waals surface area contributed by atoms with Crippen LogP contribution in [0.1, 0.15) is 17.3 Å². The van der Waals surface area contributed by atoms with E-state index in [4.69, 9.17) is 9.84 Å². The van der Waals surface area contributed by atoms with E-state index in [-0.39, 0.29) is 22.8 Å². The van der Waals surface area contributed by atoms with E-state index in [1.807, 2.05) is 0 Å². The van der Waals surface area contributed by atoms with E-state index in [0.717, 1.165) is 0 Å². The molecule has 8 nitrogen and oxygen atoms in total. The molecular weight excluding hydrogens is 358 g/mol. The van der Waals surface area contributed by atoms with Crippen molar-refractivity contribution in [1.29, 1.82) is 0 Å². The smallest absolute Gasteiger partial charge is 0.339 e. The van der Waals surface area contributed by atoms with Gasteiger partial charge in [-0.3, -0.25) is 0 Å². The summed E-state index contributed by atoms with van der Waals surface area (Å²) in [4.78, 5) is 18.2. The minimum atomic E-state index is -3.79. The molecule has 2 aromatic heterocycles. The number of carboxylic acids is 1. The zero-order valence-corrected chi connectivity index (χ0v) is 14.7. The normalized spacial score (nSPS) is 12.8. The second-order valence-corrected chi connectivity index (χ2v) is 7.37. The summed E-state index contributed by atoms with van der Waals surface area (Å²) >= 11 is 0. The number of hydrogen-bond donors (Lipinski definition) is 3. The van der Waals surface area contributed by atoms with Crippen LogP contribution >= 0.6 is 0 Å². The first-order chi connectivity index (χ1) is 12.4. The highest BCUT2D eigenvalue weighted by atomic mass is 32.2. The fourth-order valence-electron chi connectivity index (χ4n) is 2.50. The van der Waals surface area contributed by atoms with Gasteiger partial charge in [-0.2, -0.15) is 0 Å². The first-order valence-corrected chi connectivity index (χ1v) is 9.26. The maximum atomic E-state index is 12.6. The van der Waals surface area contributed by atoms with E-state index >= 15 is 0 Å². The molecule has 0 fully saturated rings.